The van der Waals surface area contributed by atoms with E-state index >= 15 is 0 Å². The third kappa shape index (κ3) is 3.37. The Bertz CT molecular complexity index is 145. The number of hydrogen-bond acceptors (Lipinski definition) is 2. The van der Waals surface area contributed by atoms with Crippen molar-refractivity contribution in [3.05, 3.63) is 12.2 Å². The lowest BCUT2D eigenvalue weighted by molar-refractivity contribution is 0.162. The molecule has 0 spiro atoms. The van der Waals surface area contributed by atoms with E-state index in [0.717, 1.165) is 19.4 Å². The average Bonchev–Trinajstić information content (AvgIpc) is 2.16. The van der Waals surface area contributed by atoms with Crippen LogP contribution in [0.1, 0.15) is 32.6 Å². The van der Waals surface area contributed by atoms with Crippen LogP contribution in [0.25, 0.3) is 0 Å². The summed E-state index contributed by atoms with van der Waals surface area (Å²) in [5.41, 5.74) is 0. The van der Waals surface area contributed by atoms with Gasteiger partial charge in [-0.1, -0.05) is 19.1 Å². The number of allylic oxidation sites excluding steroid dienone is 1. The van der Waals surface area contributed by atoms with Gasteiger partial charge in [-0.2, -0.15) is 0 Å². The molecule has 0 saturated carbocycles. The van der Waals surface area contributed by atoms with E-state index in [-0.39, 0.29) is 6.10 Å². The molecule has 0 aromatic rings. The van der Waals surface area contributed by atoms with Crippen LogP contribution in [0, 0.1) is 0 Å². The number of aliphatic hydroxyl groups is 1. The predicted octanol–water partition coefficient (Wildman–Crippen LogP) is 1.46. The quantitative estimate of drug-likeness (QED) is 0.624. The van der Waals surface area contributed by atoms with E-state index in [1.54, 1.807) is 0 Å². The second-order valence-corrected chi connectivity index (χ2v) is 3.45. The minimum Gasteiger partial charge on any atom is -0.392 e. The molecular formula is C10H19NO. The SMILES string of the molecule is CCC(O)CNC1CC=CCC1. The van der Waals surface area contributed by atoms with Gasteiger partial charge in [0, 0.05) is 12.6 Å². The Labute approximate surface area is 74.7 Å². The molecule has 1 aliphatic carbocycles. The minimum atomic E-state index is -0.170. The van der Waals surface area contributed by atoms with Crippen molar-refractivity contribution in [1.82, 2.24) is 5.32 Å². The van der Waals surface area contributed by atoms with E-state index in [0.29, 0.717) is 6.04 Å². The van der Waals surface area contributed by atoms with Gasteiger partial charge in [-0.15, -0.1) is 0 Å². The van der Waals surface area contributed by atoms with Gasteiger partial charge in [0.2, 0.25) is 0 Å². The number of nitrogens with one attached hydrogen (secondary N) is 1. The fourth-order valence-electron chi connectivity index (χ4n) is 1.43. The van der Waals surface area contributed by atoms with Crippen molar-refractivity contribution in [2.75, 3.05) is 6.54 Å². The molecule has 0 bridgehead atoms. The van der Waals surface area contributed by atoms with Crippen LogP contribution in [0.15, 0.2) is 12.2 Å². The van der Waals surface area contributed by atoms with Gasteiger partial charge in [-0.05, 0) is 25.7 Å². The molecule has 1 rings (SSSR count). The van der Waals surface area contributed by atoms with Crippen molar-refractivity contribution in [1.29, 1.82) is 0 Å². The molecule has 1 aliphatic rings. The molecule has 2 nitrogen and oxygen atoms in total. The molecule has 2 N–H and O–H groups in total. The molecular weight excluding hydrogens is 150 g/mol. The first kappa shape index (κ1) is 9.75. The van der Waals surface area contributed by atoms with Crippen LogP contribution in [0.4, 0.5) is 0 Å². The smallest absolute Gasteiger partial charge is 0.0662 e. The third-order valence-electron chi connectivity index (χ3n) is 2.38. The van der Waals surface area contributed by atoms with Crippen LogP contribution >= 0.6 is 0 Å². The molecule has 0 aliphatic heterocycles. The zero-order chi connectivity index (χ0) is 8.81. The standard InChI is InChI=1S/C10H19NO/c1-2-10(12)8-11-9-6-4-3-5-7-9/h3-4,9-12H,2,5-8H2,1H3. The lowest BCUT2D eigenvalue weighted by atomic mass is 10.0. The Morgan fingerprint density at radius 3 is 3.00 bits per heavy atom. The Kier molecular flexibility index (Phi) is 4.33. The molecule has 2 unspecified atom stereocenters. The van der Waals surface area contributed by atoms with Crippen molar-refractivity contribution >= 4 is 0 Å². The highest BCUT2D eigenvalue weighted by Crippen LogP contribution is 2.10. The van der Waals surface area contributed by atoms with E-state index in [9.17, 15) is 5.11 Å². The first-order chi connectivity index (χ1) is 5.83. The summed E-state index contributed by atoms with van der Waals surface area (Å²) in [4.78, 5) is 0. The van der Waals surface area contributed by atoms with Crippen molar-refractivity contribution in [3.8, 4) is 0 Å². The second-order valence-electron chi connectivity index (χ2n) is 3.45. The van der Waals surface area contributed by atoms with Gasteiger partial charge in [-0.25, -0.2) is 0 Å². The molecule has 2 atom stereocenters. The van der Waals surface area contributed by atoms with Gasteiger partial charge in [0.05, 0.1) is 6.10 Å². The normalized spacial score (nSPS) is 25.7. The van der Waals surface area contributed by atoms with E-state index < -0.39 is 0 Å². The first-order valence-electron chi connectivity index (χ1n) is 4.89. The molecule has 0 heterocycles. The zero-order valence-electron chi connectivity index (χ0n) is 7.79. The molecule has 12 heavy (non-hydrogen) atoms. The summed E-state index contributed by atoms with van der Waals surface area (Å²) < 4.78 is 0. The largest absolute Gasteiger partial charge is 0.392 e. The lowest BCUT2D eigenvalue weighted by Gasteiger charge is -2.20. The molecule has 0 fully saturated rings. The van der Waals surface area contributed by atoms with E-state index in [1.165, 1.54) is 12.8 Å². The van der Waals surface area contributed by atoms with Gasteiger partial charge in [0.1, 0.15) is 0 Å². The highest BCUT2D eigenvalue weighted by Gasteiger charge is 2.09. The fourth-order valence-corrected chi connectivity index (χ4v) is 1.43. The number of rotatable bonds is 4. The second kappa shape index (κ2) is 5.33. The molecule has 0 aromatic heterocycles. The van der Waals surface area contributed by atoms with Crippen molar-refractivity contribution in [2.45, 2.75) is 44.8 Å². The third-order valence-corrected chi connectivity index (χ3v) is 2.38. The van der Waals surface area contributed by atoms with Gasteiger partial charge < -0.3 is 10.4 Å². The Hall–Kier alpha value is -0.340. The van der Waals surface area contributed by atoms with E-state index in [1.807, 2.05) is 6.92 Å². The highest BCUT2D eigenvalue weighted by molar-refractivity contribution is 4.92. The van der Waals surface area contributed by atoms with Crippen LogP contribution < -0.4 is 5.32 Å². The van der Waals surface area contributed by atoms with Crippen LogP contribution in [0.2, 0.25) is 0 Å². The minimum absolute atomic E-state index is 0.170. The Morgan fingerprint density at radius 2 is 2.42 bits per heavy atom. The van der Waals surface area contributed by atoms with Gasteiger partial charge in [0.15, 0.2) is 0 Å². The van der Waals surface area contributed by atoms with Crippen molar-refractivity contribution < 1.29 is 5.11 Å². The molecule has 0 amide bonds. The van der Waals surface area contributed by atoms with Crippen LogP contribution in [-0.2, 0) is 0 Å². The summed E-state index contributed by atoms with van der Waals surface area (Å²) >= 11 is 0. The summed E-state index contributed by atoms with van der Waals surface area (Å²) in [6, 6.07) is 0.594. The number of hydrogen-bond donors (Lipinski definition) is 2. The summed E-state index contributed by atoms with van der Waals surface area (Å²) in [5.74, 6) is 0. The maximum atomic E-state index is 9.31. The lowest BCUT2D eigenvalue weighted by Crippen LogP contribution is -2.35. The van der Waals surface area contributed by atoms with Crippen LogP contribution in [0.3, 0.4) is 0 Å². The Morgan fingerprint density at radius 1 is 1.58 bits per heavy atom. The van der Waals surface area contributed by atoms with Crippen LogP contribution in [-0.4, -0.2) is 23.8 Å². The first-order valence-corrected chi connectivity index (χ1v) is 4.89. The van der Waals surface area contributed by atoms with Crippen molar-refractivity contribution in [2.24, 2.45) is 0 Å². The molecule has 0 saturated heterocycles. The van der Waals surface area contributed by atoms with Gasteiger partial charge >= 0.3 is 0 Å². The highest BCUT2D eigenvalue weighted by atomic mass is 16.3. The average molecular weight is 169 g/mol. The topological polar surface area (TPSA) is 32.3 Å². The molecule has 2 heteroatoms. The Balaban J connectivity index is 2.10. The fraction of sp³-hybridized carbons (Fsp3) is 0.800. The van der Waals surface area contributed by atoms with Crippen LogP contribution in [0.5, 0.6) is 0 Å². The summed E-state index contributed by atoms with van der Waals surface area (Å²) in [5, 5.41) is 12.7. The summed E-state index contributed by atoms with van der Waals surface area (Å²) in [6.45, 7) is 2.75. The zero-order valence-corrected chi connectivity index (χ0v) is 7.79. The molecule has 0 radical (unpaired) electrons. The van der Waals surface area contributed by atoms with E-state index in [4.69, 9.17) is 0 Å². The monoisotopic (exact) mass is 169 g/mol. The van der Waals surface area contributed by atoms with Gasteiger partial charge in [-0.3, -0.25) is 0 Å². The number of aliphatic hydroxyl groups excluding tert-OH is 1. The van der Waals surface area contributed by atoms with Gasteiger partial charge in [0.25, 0.3) is 0 Å². The maximum absolute atomic E-state index is 9.31. The van der Waals surface area contributed by atoms with E-state index in [2.05, 4.69) is 17.5 Å². The summed E-state index contributed by atoms with van der Waals surface area (Å²) in [7, 11) is 0. The predicted molar refractivity (Wildman–Crippen MR) is 51.1 cm³/mol. The summed E-state index contributed by atoms with van der Waals surface area (Å²) in [6.07, 6.45) is 8.64. The van der Waals surface area contributed by atoms with Crippen molar-refractivity contribution in [3.63, 3.8) is 0 Å². The molecule has 0 aromatic carbocycles. The maximum Gasteiger partial charge on any atom is 0.0662 e. The molecule has 70 valence electrons.